The minimum atomic E-state index is -0.124. The summed E-state index contributed by atoms with van der Waals surface area (Å²) in [5.74, 6) is 0.676. The van der Waals surface area contributed by atoms with Crippen LogP contribution in [0.1, 0.15) is 35.8 Å². The molecule has 4 nitrogen and oxygen atoms in total. The molecule has 1 amide bonds. The topological polar surface area (TPSA) is 51.2 Å². The number of hydrogen-bond acceptors (Lipinski definition) is 4. The molecule has 0 aliphatic rings. The summed E-state index contributed by atoms with van der Waals surface area (Å²) >= 11 is 1.43. The summed E-state index contributed by atoms with van der Waals surface area (Å²) in [7, 11) is 0. The highest BCUT2D eigenvalue weighted by molar-refractivity contribution is 7.09. The van der Waals surface area contributed by atoms with Gasteiger partial charge in [0.2, 0.25) is 0 Å². The number of rotatable bonds is 6. The molecule has 1 heterocycles. The molecule has 0 saturated heterocycles. The van der Waals surface area contributed by atoms with Crippen molar-refractivity contribution in [3.05, 3.63) is 46.4 Å². The van der Waals surface area contributed by atoms with Crippen LogP contribution in [0.4, 0.5) is 0 Å². The molecule has 0 radical (unpaired) electrons. The lowest BCUT2D eigenvalue weighted by molar-refractivity contribution is 0.0934. The van der Waals surface area contributed by atoms with Crippen LogP contribution in [0.3, 0.4) is 0 Å². The zero-order chi connectivity index (χ0) is 14.4. The van der Waals surface area contributed by atoms with Crippen molar-refractivity contribution in [2.75, 3.05) is 0 Å². The highest BCUT2D eigenvalue weighted by atomic mass is 32.1. The van der Waals surface area contributed by atoms with E-state index < -0.39 is 0 Å². The molecule has 106 valence electrons. The van der Waals surface area contributed by atoms with Crippen LogP contribution >= 0.6 is 11.3 Å². The summed E-state index contributed by atoms with van der Waals surface area (Å²) < 4.78 is 5.60. The predicted molar refractivity (Wildman–Crippen MR) is 80.1 cm³/mol. The van der Waals surface area contributed by atoms with Crippen molar-refractivity contribution >= 4 is 17.2 Å². The average molecular weight is 290 g/mol. The van der Waals surface area contributed by atoms with E-state index in [1.54, 1.807) is 5.38 Å². The number of para-hydroxylation sites is 1. The Kier molecular flexibility index (Phi) is 5.12. The Hall–Kier alpha value is -1.88. The smallest absolute Gasteiger partial charge is 0.270 e. The molecule has 5 heteroatoms. The molecule has 0 fully saturated rings. The van der Waals surface area contributed by atoms with E-state index in [2.05, 4.69) is 10.3 Å². The van der Waals surface area contributed by atoms with E-state index in [-0.39, 0.29) is 11.9 Å². The lowest BCUT2D eigenvalue weighted by Gasteiger charge is -2.09. The van der Waals surface area contributed by atoms with Crippen LogP contribution in [0.25, 0.3) is 0 Å². The van der Waals surface area contributed by atoms with Gasteiger partial charge in [0.1, 0.15) is 23.1 Å². The zero-order valence-corrected chi connectivity index (χ0v) is 12.4. The van der Waals surface area contributed by atoms with Gasteiger partial charge in [0.25, 0.3) is 5.91 Å². The summed E-state index contributed by atoms with van der Waals surface area (Å²) in [5.41, 5.74) is 0.460. The molecule has 0 unspecified atom stereocenters. The van der Waals surface area contributed by atoms with Gasteiger partial charge in [-0.1, -0.05) is 25.1 Å². The third-order valence-corrected chi connectivity index (χ3v) is 3.70. The first kappa shape index (κ1) is 14.5. The maximum absolute atomic E-state index is 11.9. The highest BCUT2D eigenvalue weighted by Gasteiger charge is 2.12. The van der Waals surface area contributed by atoms with Crippen molar-refractivity contribution in [1.29, 1.82) is 0 Å². The number of carbonyl (C=O) groups is 1. The van der Waals surface area contributed by atoms with Gasteiger partial charge in [0.05, 0.1) is 0 Å². The Labute approximate surface area is 122 Å². The number of nitrogens with zero attached hydrogens (tertiary/aromatic N) is 1. The third kappa shape index (κ3) is 4.06. The van der Waals surface area contributed by atoms with Crippen molar-refractivity contribution in [1.82, 2.24) is 10.3 Å². The molecule has 0 saturated carbocycles. The number of carbonyl (C=O) groups excluding carboxylic acids is 1. The standard InChI is InChI=1S/C15H18N2O2S/c1-3-11(2)16-15(18)13-10-20-14(17-13)9-19-12-7-5-4-6-8-12/h4-8,10-11H,3,9H2,1-2H3,(H,16,18)/t11-/m1/s1. The Balaban J connectivity index is 1.90. The van der Waals surface area contributed by atoms with E-state index in [1.807, 2.05) is 44.2 Å². The second-order valence-electron chi connectivity index (χ2n) is 4.51. The summed E-state index contributed by atoms with van der Waals surface area (Å²) in [4.78, 5) is 16.2. The van der Waals surface area contributed by atoms with Crippen LogP contribution < -0.4 is 10.1 Å². The number of thiazole rings is 1. The first-order valence-corrected chi connectivity index (χ1v) is 7.50. The van der Waals surface area contributed by atoms with Crippen LogP contribution in [-0.2, 0) is 6.61 Å². The van der Waals surface area contributed by atoms with Crippen molar-refractivity contribution in [2.45, 2.75) is 32.9 Å². The SMILES string of the molecule is CC[C@@H](C)NC(=O)c1csc(COc2ccccc2)n1. The van der Waals surface area contributed by atoms with Gasteiger partial charge in [-0.15, -0.1) is 11.3 Å². The molecule has 0 bridgehead atoms. The zero-order valence-electron chi connectivity index (χ0n) is 11.6. The lowest BCUT2D eigenvalue weighted by Crippen LogP contribution is -2.32. The lowest BCUT2D eigenvalue weighted by atomic mass is 10.2. The Morgan fingerprint density at radius 2 is 2.15 bits per heavy atom. The normalized spacial score (nSPS) is 11.9. The molecule has 1 aromatic heterocycles. The summed E-state index contributed by atoms with van der Waals surface area (Å²) in [6.45, 7) is 4.39. The third-order valence-electron chi connectivity index (χ3n) is 2.88. The predicted octanol–water partition coefficient (Wildman–Crippen LogP) is 3.25. The molecular formula is C15H18N2O2S. The molecule has 1 N–H and O–H groups in total. The molecule has 0 aliphatic carbocycles. The molecule has 1 aromatic carbocycles. The number of amides is 1. The van der Waals surface area contributed by atoms with Crippen LogP contribution in [0.5, 0.6) is 5.75 Å². The van der Waals surface area contributed by atoms with Crippen LogP contribution in [0, 0.1) is 0 Å². The number of hydrogen-bond donors (Lipinski definition) is 1. The van der Waals surface area contributed by atoms with Crippen LogP contribution in [-0.4, -0.2) is 16.9 Å². The Morgan fingerprint density at radius 1 is 1.40 bits per heavy atom. The van der Waals surface area contributed by atoms with Crippen molar-refractivity contribution in [2.24, 2.45) is 0 Å². The average Bonchev–Trinajstić information content (AvgIpc) is 2.95. The largest absolute Gasteiger partial charge is 0.486 e. The number of benzene rings is 1. The minimum absolute atomic E-state index is 0.124. The number of nitrogens with one attached hydrogen (secondary N) is 1. The van der Waals surface area contributed by atoms with Crippen LogP contribution in [0.2, 0.25) is 0 Å². The van der Waals surface area contributed by atoms with Gasteiger partial charge < -0.3 is 10.1 Å². The fraction of sp³-hybridized carbons (Fsp3) is 0.333. The second-order valence-corrected chi connectivity index (χ2v) is 5.45. The van der Waals surface area contributed by atoms with Crippen LogP contribution in [0.15, 0.2) is 35.7 Å². The molecule has 1 atom stereocenters. The minimum Gasteiger partial charge on any atom is -0.486 e. The maximum Gasteiger partial charge on any atom is 0.270 e. The van der Waals surface area contributed by atoms with Crippen molar-refractivity contribution < 1.29 is 9.53 Å². The van der Waals surface area contributed by atoms with E-state index in [9.17, 15) is 4.79 Å². The maximum atomic E-state index is 11.9. The fourth-order valence-corrected chi connectivity index (χ4v) is 2.23. The Bertz CT molecular complexity index is 554. The second kappa shape index (κ2) is 7.05. The van der Waals surface area contributed by atoms with E-state index in [0.29, 0.717) is 12.3 Å². The van der Waals surface area contributed by atoms with Gasteiger partial charge in [-0.3, -0.25) is 4.79 Å². The van der Waals surface area contributed by atoms with Crippen molar-refractivity contribution in [3.8, 4) is 5.75 Å². The fourth-order valence-electron chi connectivity index (χ4n) is 1.54. The molecule has 2 rings (SSSR count). The van der Waals surface area contributed by atoms with E-state index in [0.717, 1.165) is 17.2 Å². The summed E-state index contributed by atoms with van der Waals surface area (Å²) in [6.07, 6.45) is 0.903. The van der Waals surface area contributed by atoms with Gasteiger partial charge in [-0.2, -0.15) is 0 Å². The van der Waals surface area contributed by atoms with Gasteiger partial charge in [-0.05, 0) is 25.5 Å². The summed E-state index contributed by atoms with van der Waals surface area (Å²) in [5, 5.41) is 5.46. The molecule has 0 spiro atoms. The molecule has 2 aromatic rings. The van der Waals surface area contributed by atoms with Gasteiger partial charge in [-0.25, -0.2) is 4.98 Å². The van der Waals surface area contributed by atoms with Gasteiger partial charge >= 0.3 is 0 Å². The number of ether oxygens (including phenoxy) is 1. The summed E-state index contributed by atoms with van der Waals surface area (Å²) in [6, 6.07) is 9.72. The van der Waals surface area contributed by atoms with Crippen molar-refractivity contribution in [3.63, 3.8) is 0 Å². The van der Waals surface area contributed by atoms with E-state index >= 15 is 0 Å². The van der Waals surface area contributed by atoms with Gasteiger partial charge in [0, 0.05) is 11.4 Å². The van der Waals surface area contributed by atoms with Gasteiger partial charge in [0.15, 0.2) is 0 Å². The first-order valence-electron chi connectivity index (χ1n) is 6.62. The van der Waals surface area contributed by atoms with E-state index in [4.69, 9.17) is 4.74 Å². The molecule has 20 heavy (non-hydrogen) atoms. The highest BCUT2D eigenvalue weighted by Crippen LogP contribution is 2.15. The quantitative estimate of drug-likeness (QED) is 0.888. The molecular weight excluding hydrogens is 272 g/mol. The number of aromatic nitrogens is 1. The molecule has 0 aliphatic heterocycles. The monoisotopic (exact) mass is 290 g/mol. The van der Waals surface area contributed by atoms with E-state index in [1.165, 1.54) is 11.3 Å². The first-order chi connectivity index (χ1) is 9.69. The Morgan fingerprint density at radius 3 is 2.85 bits per heavy atom.